The molecule has 1 N–H and O–H groups in total. The predicted octanol–water partition coefficient (Wildman–Crippen LogP) is 3.23. The lowest BCUT2D eigenvalue weighted by Gasteiger charge is -2.26. The van der Waals surface area contributed by atoms with E-state index in [0.29, 0.717) is 49.8 Å². The highest BCUT2D eigenvalue weighted by molar-refractivity contribution is 6.46. The van der Waals surface area contributed by atoms with E-state index in [2.05, 4.69) is 4.98 Å². The lowest BCUT2D eigenvalue weighted by Crippen LogP contribution is -2.31. The number of carbonyl (C=O) groups is 2. The second kappa shape index (κ2) is 9.77. The number of benzene rings is 2. The number of ketones is 1. The molecule has 3 aromatic rings. The molecule has 2 aliphatic rings. The maximum Gasteiger partial charge on any atom is 0.295 e. The van der Waals surface area contributed by atoms with Crippen molar-refractivity contribution >= 4 is 23.1 Å². The molecule has 1 fully saturated rings. The minimum absolute atomic E-state index is 0.0666. The van der Waals surface area contributed by atoms with Crippen LogP contribution in [0, 0.1) is 0 Å². The number of ether oxygens (including phenoxy) is 2. The van der Waals surface area contributed by atoms with Crippen LogP contribution in [0.3, 0.4) is 0 Å². The second-order valence-electron chi connectivity index (χ2n) is 8.99. The first kappa shape index (κ1) is 23.5. The Bertz CT molecular complexity index is 1300. The van der Waals surface area contributed by atoms with E-state index in [0.717, 1.165) is 11.3 Å². The van der Waals surface area contributed by atoms with Crippen LogP contribution in [0.15, 0.2) is 66.8 Å². The number of aliphatic hydroxyl groups is 1. The topological polar surface area (TPSA) is 97.1 Å². The standard InChI is InChI=1S/C27H28N4O5/c1-29(2)20-7-4-18(5-8-20)24-23(25(32)19-6-9-21-22(16-19)36-15-14-35-21)26(33)27(34)31(24)12-3-11-30-13-10-28-17-30/h4-10,13,16-17,24,32H,3,11-12,14-15H2,1-2H3/t24-/m1/s1. The van der Waals surface area contributed by atoms with Crippen LogP contribution in [0.5, 0.6) is 11.5 Å². The molecule has 1 amide bonds. The van der Waals surface area contributed by atoms with Crippen molar-refractivity contribution in [1.82, 2.24) is 14.5 Å². The highest BCUT2D eigenvalue weighted by Gasteiger charge is 2.45. The number of nitrogens with zero attached hydrogens (tertiary/aromatic N) is 4. The number of imidazole rings is 1. The lowest BCUT2D eigenvalue weighted by molar-refractivity contribution is -0.139. The number of carbonyl (C=O) groups excluding carboxylic acids is 2. The first-order valence-corrected chi connectivity index (χ1v) is 11.9. The molecule has 186 valence electrons. The fraction of sp³-hybridized carbons (Fsp3) is 0.296. The second-order valence-corrected chi connectivity index (χ2v) is 8.99. The van der Waals surface area contributed by atoms with Crippen LogP contribution in [0.1, 0.15) is 23.6 Å². The third kappa shape index (κ3) is 4.39. The first-order chi connectivity index (χ1) is 17.4. The van der Waals surface area contributed by atoms with Gasteiger partial charge in [0.15, 0.2) is 11.5 Å². The molecular formula is C27H28N4O5. The number of rotatable bonds is 7. The van der Waals surface area contributed by atoms with Crippen molar-refractivity contribution in [3.05, 3.63) is 77.9 Å². The Morgan fingerprint density at radius 2 is 1.81 bits per heavy atom. The zero-order valence-electron chi connectivity index (χ0n) is 20.3. The minimum atomic E-state index is -0.711. The van der Waals surface area contributed by atoms with Gasteiger partial charge >= 0.3 is 0 Å². The number of fused-ring (bicyclic) bond motifs is 1. The van der Waals surface area contributed by atoms with Gasteiger partial charge in [-0.3, -0.25) is 9.59 Å². The van der Waals surface area contributed by atoms with Crippen molar-refractivity contribution in [3.8, 4) is 11.5 Å². The number of aromatic nitrogens is 2. The molecule has 0 spiro atoms. The molecule has 2 aromatic carbocycles. The third-order valence-electron chi connectivity index (χ3n) is 6.46. The van der Waals surface area contributed by atoms with Gasteiger partial charge in [0.05, 0.1) is 17.9 Å². The molecule has 3 heterocycles. The average molecular weight is 489 g/mol. The molecular weight excluding hydrogens is 460 g/mol. The van der Waals surface area contributed by atoms with Crippen LogP contribution in [0.25, 0.3) is 5.76 Å². The van der Waals surface area contributed by atoms with Crippen LogP contribution >= 0.6 is 0 Å². The van der Waals surface area contributed by atoms with Crippen molar-refractivity contribution in [3.63, 3.8) is 0 Å². The van der Waals surface area contributed by atoms with Crippen LogP contribution < -0.4 is 14.4 Å². The number of aryl methyl sites for hydroxylation is 1. The van der Waals surface area contributed by atoms with Crippen LogP contribution in [0.2, 0.25) is 0 Å². The van der Waals surface area contributed by atoms with Gasteiger partial charge in [-0.25, -0.2) is 4.98 Å². The van der Waals surface area contributed by atoms with E-state index in [4.69, 9.17) is 9.47 Å². The number of hydrogen-bond acceptors (Lipinski definition) is 7. The Morgan fingerprint density at radius 3 is 2.50 bits per heavy atom. The van der Waals surface area contributed by atoms with Gasteiger partial charge in [0.2, 0.25) is 0 Å². The predicted molar refractivity (Wildman–Crippen MR) is 134 cm³/mol. The van der Waals surface area contributed by atoms with E-state index in [9.17, 15) is 14.7 Å². The summed E-state index contributed by atoms with van der Waals surface area (Å²) in [6, 6.07) is 12.0. The summed E-state index contributed by atoms with van der Waals surface area (Å²) in [4.78, 5) is 34.0. The monoisotopic (exact) mass is 488 g/mol. The van der Waals surface area contributed by atoms with Crippen molar-refractivity contribution < 1.29 is 24.2 Å². The summed E-state index contributed by atoms with van der Waals surface area (Å²) in [6.07, 6.45) is 5.90. The molecule has 1 aromatic heterocycles. The molecule has 1 atom stereocenters. The number of Topliss-reactive ketones (excluding diaryl/α,β-unsaturated/α-hetero) is 1. The van der Waals surface area contributed by atoms with E-state index in [1.54, 1.807) is 35.6 Å². The molecule has 0 radical (unpaired) electrons. The van der Waals surface area contributed by atoms with Gasteiger partial charge < -0.3 is 28.9 Å². The van der Waals surface area contributed by atoms with E-state index in [-0.39, 0.29) is 11.3 Å². The molecule has 9 nitrogen and oxygen atoms in total. The van der Waals surface area contributed by atoms with Crippen LogP contribution in [0.4, 0.5) is 5.69 Å². The lowest BCUT2D eigenvalue weighted by atomic mass is 9.95. The Hall–Kier alpha value is -4.27. The summed E-state index contributed by atoms with van der Waals surface area (Å²) in [5.74, 6) is -0.488. The number of amides is 1. The van der Waals surface area contributed by atoms with Gasteiger partial charge in [0.25, 0.3) is 11.7 Å². The van der Waals surface area contributed by atoms with Crippen LogP contribution in [-0.2, 0) is 16.1 Å². The maximum absolute atomic E-state index is 13.3. The molecule has 0 aliphatic carbocycles. The van der Waals surface area contributed by atoms with Gasteiger partial charge in [-0.15, -0.1) is 0 Å². The SMILES string of the molecule is CN(C)c1ccc([C@@H]2C(=C(O)c3ccc4c(c3)OCCO4)C(=O)C(=O)N2CCCn2ccnc2)cc1. The fourth-order valence-corrected chi connectivity index (χ4v) is 4.60. The molecule has 9 heteroatoms. The Morgan fingerprint density at radius 1 is 1.06 bits per heavy atom. The summed E-state index contributed by atoms with van der Waals surface area (Å²) >= 11 is 0. The highest BCUT2D eigenvalue weighted by Crippen LogP contribution is 2.41. The average Bonchev–Trinajstić information content (AvgIpc) is 3.50. The quantitative estimate of drug-likeness (QED) is 0.310. The fourth-order valence-electron chi connectivity index (χ4n) is 4.60. The largest absolute Gasteiger partial charge is 0.507 e. The van der Waals surface area contributed by atoms with Crippen molar-refractivity contribution in [2.75, 3.05) is 38.8 Å². The van der Waals surface area contributed by atoms with Crippen molar-refractivity contribution in [1.29, 1.82) is 0 Å². The van der Waals surface area contributed by atoms with Gasteiger partial charge in [-0.05, 0) is 42.3 Å². The third-order valence-corrected chi connectivity index (χ3v) is 6.46. The van der Waals surface area contributed by atoms with E-state index < -0.39 is 17.7 Å². The molecule has 5 rings (SSSR count). The molecule has 2 aliphatic heterocycles. The van der Waals surface area contributed by atoms with Gasteiger partial charge in [-0.1, -0.05) is 12.1 Å². The molecule has 1 saturated heterocycles. The summed E-state index contributed by atoms with van der Waals surface area (Å²) in [6.45, 7) is 1.85. The summed E-state index contributed by atoms with van der Waals surface area (Å²) in [5.41, 5.74) is 2.20. The minimum Gasteiger partial charge on any atom is -0.507 e. The number of likely N-dealkylation sites (tertiary alicyclic amines) is 1. The first-order valence-electron chi connectivity index (χ1n) is 11.9. The van der Waals surface area contributed by atoms with Gasteiger partial charge in [-0.2, -0.15) is 0 Å². The number of hydrogen-bond donors (Lipinski definition) is 1. The van der Waals surface area contributed by atoms with Gasteiger partial charge in [0.1, 0.15) is 19.0 Å². The Kier molecular flexibility index (Phi) is 6.37. The van der Waals surface area contributed by atoms with E-state index >= 15 is 0 Å². The number of aliphatic hydroxyl groups excluding tert-OH is 1. The summed E-state index contributed by atoms with van der Waals surface area (Å²) < 4.78 is 13.1. The summed E-state index contributed by atoms with van der Waals surface area (Å²) in [5, 5.41) is 11.3. The van der Waals surface area contributed by atoms with Crippen LogP contribution in [-0.4, -0.2) is 65.1 Å². The van der Waals surface area contributed by atoms with E-state index in [1.165, 1.54) is 0 Å². The highest BCUT2D eigenvalue weighted by atomic mass is 16.6. The number of anilines is 1. The molecule has 36 heavy (non-hydrogen) atoms. The molecule has 0 bridgehead atoms. The molecule has 0 saturated carbocycles. The Labute approximate surface area is 209 Å². The van der Waals surface area contributed by atoms with E-state index in [1.807, 2.05) is 54.0 Å². The van der Waals surface area contributed by atoms with Gasteiger partial charge in [0, 0.05) is 50.8 Å². The smallest absolute Gasteiger partial charge is 0.295 e. The maximum atomic E-state index is 13.3. The summed E-state index contributed by atoms with van der Waals surface area (Å²) in [7, 11) is 3.89. The normalized spacial score (nSPS) is 18.5. The zero-order valence-corrected chi connectivity index (χ0v) is 20.3. The zero-order chi connectivity index (χ0) is 25.2. The van der Waals surface area contributed by atoms with Crippen molar-refractivity contribution in [2.45, 2.75) is 19.0 Å². The van der Waals surface area contributed by atoms with Crippen molar-refractivity contribution in [2.24, 2.45) is 0 Å². The molecule has 0 unspecified atom stereocenters. The Balaban J connectivity index is 1.53.